The van der Waals surface area contributed by atoms with Gasteiger partial charge in [0.25, 0.3) is 5.69 Å². The van der Waals surface area contributed by atoms with Crippen LogP contribution in [-0.2, 0) is 26.2 Å². The molecule has 36 heavy (non-hydrogen) atoms. The number of rotatable bonds is 8. The van der Waals surface area contributed by atoms with E-state index in [1.807, 2.05) is 25.1 Å². The molecule has 0 saturated carbocycles. The first kappa shape index (κ1) is 28.5. The van der Waals surface area contributed by atoms with Crippen molar-refractivity contribution >= 4 is 27.6 Å². The highest BCUT2D eigenvalue weighted by molar-refractivity contribution is 7.89. The third kappa shape index (κ3) is 7.37. The van der Waals surface area contributed by atoms with Crippen LogP contribution >= 0.6 is 0 Å². The van der Waals surface area contributed by atoms with E-state index in [0.29, 0.717) is 37.7 Å². The number of piperazine rings is 1. The second-order valence-corrected chi connectivity index (χ2v) is 9.34. The fourth-order valence-electron chi connectivity index (χ4n) is 3.44. The van der Waals surface area contributed by atoms with Gasteiger partial charge >= 0.3 is 11.9 Å². The summed E-state index contributed by atoms with van der Waals surface area (Å²) >= 11 is 0. The standard InChI is InChI=1S/C20H25N3O6S.C2H2O4/c1-3-29-19-14-16(8-9-18(19)28-2)15-21-10-12-22(13-11-21)30(26,27)20-7-5-4-6-17(20)23(24)25;3-1(4)2(5)6/h4-9,14H,3,10-13,15H2,1-2H3;(H,3,4)(H,5,6). The van der Waals surface area contributed by atoms with Crippen molar-refractivity contribution in [3.05, 3.63) is 58.1 Å². The Balaban J connectivity index is 0.000000678. The van der Waals surface area contributed by atoms with Crippen LogP contribution in [0.25, 0.3) is 0 Å². The van der Waals surface area contributed by atoms with Crippen molar-refractivity contribution in [1.82, 2.24) is 9.21 Å². The largest absolute Gasteiger partial charge is 0.493 e. The molecule has 2 aromatic rings. The summed E-state index contributed by atoms with van der Waals surface area (Å²) in [7, 11) is -2.34. The van der Waals surface area contributed by atoms with Crippen LogP contribution in [-0.4, -0.2) is 84.6 Å². The van der Waals surface area contributed by atoms with E-state index in [1.54, 1.807) is 7.11 Å². The number of hydrogen-bond acceptors (Lipinski definition) is 9. The zero-order chi connectivity index (χ0) is 26.9. The SMILES string of the molecule is CCOc1cc(CN2CCN(S(=O)(=O)c3ccccc3[N+](=O)[O-])CC2)ccc1OC.O=C(O)C(=O)O. The summed E-state index contributed by atoms with van der Waals surface area (Å²) in [5.74, 6) is -2.30. The Morgan fingerprint density at radius 2 is 1.64 bits per heavy atom. The molecule has 1 fully saturated rings. The highest BCUT2D eigenvalue weighted by atomic mass is 32.2. The van der Waals surface area contributed by atoms with Gasteiger partial charge in [-0.1, -0.05) is 18.2 Å². The van der Waals surface area contributed by atoms with Gasteiger partial charge in [-0.05, 0) is 30.7 Å². The maximum absolute atomic E-state index is 12.9. The minimum absolute atomic E-state index is 0.264. The predicted octanol–water partition coefficient (Wildman–Crippen LogP) is 1.66. The number of hydrogen-bond donors (Lipinski definition) is 2. The number of carboxylic acids is 2. The van der Waals surface area contributed by atoms with Gasteiger partial charge in [0.2, 0.25) is 10.0 Å². The Labute approximate surface area is 207 Å². The number of benzene rings is 2. The molecule has 14 heteroatoms. The number of methoxy groups -OCH3 is 1. The van der Waals surface area contributed by atoms with E-state index in [1.165, 1.54) is 28.6 Å². The lowest BCUT2D eigenvalue weighted by Gasteiger charge is -2.34. The summed E-state index contributed by atoms with van der Waals surface area (Å²) in [6, 6.07) is 11.2. The molecule has 0 radical (unpaired) electrons. The van der Waals surface area contributed by atoms with Crippen molar-refractivity contribution in [2.24, 2.45) is 0 Å². The van der Waals surface area contributed by atoms with Gasteiger partial charge in [0.05, 0.1) is 18.6 Å². The van der Waals surface area contributed by atoms with E-state index >= 15 is 0 Å². The Hall–Kier alpha value is -3.75. The zero-order valence-electron chi connectivity index (χ0n) is 19.7. The van der Waals surface area contributed by atoms with Gasteiger partial charge in [-0.2, -0.15) is 4.31 Å². The van der Waals surface area contributed by atoms with Crippen LogP contribution in [0, 0.1) is 10.1 Å². The lowest BCUT2D eigenvalue weighted by atomic mass is 10.1. The van der Waals surface area contributed by atoms with Crippen LogP contribution in [0.3, 0.4) is 0 Å². The van der Waals surface area contributed by atoms with Gasteiger partial charge < -0.3 is 19.7 Å². The Morgan fingerprint density at radius 1 is 1.03 bits per heavy atom. The van der Waals surface area contributed by atoms with E-state index in [4.69, 9.17) is 29.3 Å². The summed E-state index contributed by atoms with van der Waals surface area (Å²) < 4.78 is 38.1. The number of nitro benzene ring substituents is 1. The smallest absolute Gasteiger partial charge is 0.414 e. The molecule has 0 unspecified atom stereocenters. The second kappa shape index (κ2) is 12.8. The Bertz CT molecular complexity index is 1180. The van der Waals surface area contributed by atoms with Gasteiger partial charge in [0.15, 0.2) is 16.4 Å². The minimum atomic E-state index is -3.93. The molecular weight excluding hydrogens is 498 g/mol. The topological polar surface area (TPSA) is 177 Å². The van der Waals surface area contributed by atoms with E-state index < -0.39 is 32.6 Å². The van der Waals surface area contributed by atoms with E-state index in [9.17, 15) is 18.5 Å². The first-order valence-electron chi connectivity index (χ1n) is 10.7. The van der Waals surface area contributed by atoms with Crippen molar-refractivity contribution < 1.29 is 42.6 Å². The lowest BCUT2D eigenvalue weighted by Crippen LogP contribution is -2.48. The fraction of sp³-hybridized carbons (Fsp3) is 0.364. The van der Waals surface area contributed by atoms with E-state index in [0.717, 1.165) is 5.56 Å². The van der Waals surface area contributed by atoms with Crippen LogP contribution in [0.2, 0.25) is 0 Å². The number of aliphatic carboxylic acids is 2. The second-order valence-electron chi connectivity index (χ2n) is 7.43. The molecule has 0 amide bonds. The summed E-state index contributed by atoms with van der Waals surface area (Å²) in [5.41, 5.74) is 0.635. The van der Waals surface area contributed by atoms with Crippen LogP contribution in [0.15, 0.2) is 47.4 Å². The van der Waals surface area contributed by atoms with Gasteiger partial charge in [-0.25, -0.2) is 18.0 Å². The predicted molar refractivity (Wildman–Crippen MR) is 127 cm³/mol. The molecule has 1 saturated heterocycles. The molecule has 1 aliphatic heterocycles. The highest BCUT2D eigenvalue weighted by Crippen LogP contribution is 2.30. The lowest BCUT2D eigenvalue weighted by molar-refractivity contribution is -0.387. The highest BCUT2D eigenvalue weighted by Gasteiger charge is 2.33. The average molecular weight is 526 g/mol. The molecule has 0 aliphatic carbocycles. The van der Waals surface area contributed by atoms with Crippen LogP contribution in [0.4, 0.5) is 5.69 Å². The normalized spacial score (nSPS) is 14.3. The number of carbonyl (C=O) groups is 2. The molecule has 1 aliphatic rings. The molecule has 3 rings (SSSR count). The van der Waals surface area contributed by atoms with Crippen molar-refractivity contribution in [1.29, 1.82) is 0 Å². The maximum Gasteiger partial charge on any atom is 0.414 e. The van der Waals surface area contributed by atoms with Crippen LogP contribution in [0.5, 0.6) is 11.5 Å². The molecule has 2 aromatic carbocycles. The molecule has 0 bridgehead atoms. The zero-order valence-corrected chi connectivity index (χ0v) is 20.5. The first-order valence-corrected chi connectivity index (χ1v) is 12.2. The maximum atomic E-state index is 12.9. The molecular formula is C22H27N3O10S. The van der Waals surface area contributed by atoms with Gasteiger partial charge in [-0.3, -0.25) is 15.0 Å². The third-order valence-electron chi connectivity index (χ3n) is 5.13. The van der Waals surface area contributed by atoms with Crippen molar-refractivity contribution in [3.63, 3.8) is 0 Å². The fourth-order valence-corrected chi connectivity index (χ4v) is 5.02. The van der Waals surface area contributed by atoms with Gasteiger partial charge in [0, 0.05) is 38.8 Å². The number of sulfonamides is 1. The molecule has 0 aromatic heterocycles. The minimum Gasteiger partial charge on any atom is -0.493 e. The first-order chi connectivity index (χ1) is 17.0. The van der Waals surface area contributed by atoms with Crippen LogP contribution < -0.4 is 9.47 Å². The Kier molecular flexibility index (Phi) is 10.1. The average Bonchev–Trinajstić information content (AvgIpc) is 2.85. The molecule has 1 heterocycles. The quantitative estimate of drug-likeness (QED) is 0.291. The molecule has 2 N–H and O–H groups in total. The summed E-state index contributed by atoms with van der Waals surface area (Å²) in [5, 5.41) is 26.0. The van der Waals surface area contributed by atoms with Crippen LogP contribution in [0.1, 0.15) is 12.5 Å². The number of nitrogens with zero attached hydrogens (tertiary/aromatic N) is 3. The van der Waals surface area contributed by atoms with Crippen molar-refractivity contribution in [2.45, 2.75) is 18.4 Å². The molecule has 0 spiro atoms. The van der Waals surface area contributed by atoms with Gasteiger partial charge in [0.1, 0.15) is 0 Å². The third-order valence-corrected chi connectivity index (χ3v) is 7.07. The van der Waals surface area contributed by atoms with Gasteiger partial charge in [-0.15, -0.1) is 0 Å². The van der Waals surface area contributed by atoms with E-state index in [-0.39, 0.29) is 18.0 Å². The van der Waals surface area contributed by atoms with E-state index in [2.05, 4.69) is 4.90 Å². The summed E-state index contributed by atoms with van der Waals surface area (Å²) in [4.78, 5) is 30.6. The molecule has 0 atom stereocenters. The number of ether oxygens (including phenoxy) is 2. The summed E-state index contributed by atoms with van der Waals surface area (Å²) in [6.45, 7) is 4.66. The molecule has 196 valence electrons. The molecule has 13 nitrogen and oxygen atoms in total. The monoisotopic (exact) mass is 525 g/mol. The Morgan fingerprint density at radius 3 is 2.17 bits per heavy atom. The van der Waals surface area contributed by atoms with Crippen molar-refractivity contribution in [3.8, 4) is 11.5 Å². The number of carboxylic acid groups (broad SMARTS) is 2. The van der Waals surface area contributed by atoms with Crippen molar-refractivity contribution in [2.75, 3.05) is 39.9 Å². The summed E-state index contributed by atoms with van der Waals surface area (Å²) in [6.07, 6.45) is 0. The number of para-hydroxylation sites is 1. The number of nitro groups is 1.